The van der Waals surface area contributed by atoms with Gasteiger partial charge in [0, 0.05) is 17.7 Å². The molecule has 0 heterocycles. The molecular formula is C13H16BrNO3. The summed E-state index contributed by atoms with van der Waals surface area (Å²) in [7, 11) is 1.57. The van der Waals surface area contributed by atoms with E-state index in [4.69, 9.17) is 9.57 Å². The number of carbonyl (C=O) groups is 1. The molecule has 1 N–H and O–H groups in total. The molecule has 1 rings (SSSR count). The molecule has 0 spiro atoms. The van der Waals surface area contributed by atoms with Crippen molar-refractivity contribution in [2.75, 3.05) is 20.3 Å². The van der Waals surface area contributed by atoms with Gasteiger partial charge in [0.2, 0.25) is 0 Å². The summed E-state index contributed by atoms with van der Waals surface area (Å²) in [5.41, 5.74) is 4.39. The van der Waals surface area contributed by atoms with Crippen LogP contribution in [0.15, 0.2) is 28.7 Å². The van der Waals surface area contributed by atoms with Crippen molar-refractivity contribution < 1.29 is 14.4 Å². The van der Waals surface area contributed by atoms with Gasteiger partial charge in [-0.3, -0.25) is 9.63 Å². The normalized spacial score (nSPS) is 10.8. The Kier molecular flexibility index (Phi) is 6.64. The van der Waals surface area contributed by atoms with Crippen LogP contribution in [0.1, 0.15) is 11.1 Å². The zero-order valence-corrected chi connectivity index (χ0v) is 12.0. The van der Waals surface area contributed by atoms with Gasteiger partial charge < -0.3 is 4.74 Å². The third-order valence-corrected chi connectivity index (χ3v) is 2.82. The second-order valence-corrected chi connectivity index (χ2v) is 4.52. The van der Waals surface area contributed by atoms with E-state index in [1.54, 1.807) is 13.2 Å². The first-order chi connectivity index (χ1) is 8.63. The fourth-order valence-electron chi connectivity index (χ4n) is 1.21. The highest BCUT2D eigenvalue weighted by Gasteiger charge is 1.98. The largest absolute Gasteiger partial charge is 0.382 e. The third-order valence-electron chi connectivity index (χ3n) is 2.13. The van der Waals surface area contributed by atoms with Crippen LogP contribution < -0.4 is 5.48 Å². The molecule has 0 unspecified atom stereocenters. The lowest BCUT2D eigenvalue weighted by Gasteiger charge is -2.02. The fraction of sp³-hybridized carbons (Fsp3) is 0.308. The van der Waals surface area contributed by atoms with Crippen molar-refractivity contribution in [3.05, 3.63) is 39.9 Å². The summed E-state index contributed by atoms with van der Waals surface area (Å²) in [5, 5.41) is 0. The SMILES string of the molecule is COCCONC(=O)/C=C/c1ccc(C)cc1Br. The molecular weight excluding hydrogens is 298 g/mol. The molecule has 1 aromatic carbocycles. The number of hydrogen-bond donors (Lipinski definition) is 1. The minimum Gasteiger partial charge on any atom is -0.382 e. The van der Waals surface area contributed by atoms with Gasteiger partial charge in [-0.05, 0) is 30.2 Å². The third kappa shape index (κ3) is 5.44. The molecule has 18 heavy (non-hydrogen) atoms. The smallest absolute Gasteiger partial charge is 0.267 e. The molecule has 1 aromatic rings. The highest BCUT2D eigenvalue weighted by Crippen LogP contribution is 2.19. The lowest BCUT2D eigenvalue weighted by atomic mass is 10.1. The van der Waals surface area contributed by atoms with Gasteiger partial charge >= 0.3 is 0 Å². The van der Waals surface area contributed by atoms with Crippen molar-refractivity contribution in [1.82, 2.24) is 5.48 Å². The number of nitrogens with one attached hydrogen (secondary N) is 1. The molecule has 0 aliphatic heterocycles. The Labute approximate surface area is 115 Å². The second-order valence-electron chi connectivity index (χ2n) is 3.67. The summed E-state index contributed by atoms with van der Waals surface area (Å²) >= 11 is 3.44. The van der Waals surface area contributed by atoms with E-state index in [1.807, 2.05) is 25.1 Å². The molecule has 1 amide bonds. The van der Waals surface area contributed by atoms with Crippen molar-refractivity contribution in [3.8, 4) is 0 Å². The van der Waals surface area contributed by atoms with Crippen LogP contribution >= 0.6 is 15.9 Å². The molecule has 4 nitrogen and oxygen atoms in total. The van der Waals surface area contributed by atoms with Crippen LogP contribution in [0, 0.1) is 6.92 Å². The number of aryl methyl sites for hydroxylation is 1. The molecule has 98 valence electrons. The average molecular weight is 314 g/mol. The van der Waals surface area contributed by atoms with E-state index in [-0.39, 0.29) is 5.91 Å². The molecule has 0 radical (unpaired) electrons. The molecule has 0 atom stereocenters. The number of ether oxygens (including phenoxy) is 1. The minimum atomic E-state index is -0.307. The number of hydroxylamine groups is 1. The number of hydrogen-bond acceptors (Lipinski definition) is 3. The number of amides is 1. The zero-order valence-electron chi connectivity index (χ0n) is 10.4. The van der Waals surface area contributed by atoms with Crippen LogP contribution in [0.5, 0.6) is 0 Å². The maximum atomic E-state index is 11.4. The molecule has 5 heteroatoms. The van der Waals surface area contributed by atoms with Gasteiger partial charge in [-0.25, -0.2) is 5.48 Å². The standard InChI is InChI=1S/C13H16BrNO3/c1-10-3-4-11(12(14)9-10)5-6-13(16)15-18-8-7-17-2/h3-6,9H,7-8H2,1-2H3,(H,15,16)/b6-5+. The Morgan fingerprint density at radius 1 is 1.44 bits per heavy atom. The number of benzene rings is 1. The van der Waals surface area contributed by atoms with Crippen molar-refractivity contribution in [2.24, 2.45) is 0 Å². The first kappa shape index (κ1) is 14.9. The van der Waals surface area contributed by atoms with Gasteiger partial charge in [-0.15, -0.1) is 0 Å². The second kappa shape index (κ2) is 8.02. The fourth-order valence-corrected chi connectivity index (χ4v) is 1.84. The quantitative estimate of drug-likeness (QED) is 0.498. The van der Waals surface area contributed by atoms with Crippen LogP contribution in [-0.4, -0.2) is 26.2 Å². The molecule has 0 bridgehead atoms. The summed E-state index contributed by atoms with van der Waals surface area (Å²) < 4.78 is 5.73. The van der Waals surface area contributed by atoms with Crippen LogP contribution in [0.25, 0.3) is 6.08 Å². The topological polar surface area (TPSA) is 47.6 Å². The van der Waals surface area contributed by atoms with Crippen LogP contribution in [0.2, 0.25) is 0 Å². The van der Waals surface area contributed by atoms with E-state index in [1.165, 1.54) is 6.08 Å². The Hall–Kier alpha value is -1.17. The average Bonchev–Trinajstić information content (AvgIpc) is 2.33. The van der Waals surface area contributed by atoms with Crippen molar-refractivity contribution >= 4 is 27.9 Å². The predicted molar refractivity (Wildman–Crippen MR) is 73.9 cm³/mol. The maximum absolute atomic E-state index is 11.4. The Morgan fingerprint density at radius 3 is 2.89 bits per heavy atom. The summed E-state index contributed by atoms with van der Waals surface area (Å²) in [6.07, 6.45) is 3.14. The van der Waals surface area contributed by atoms with Gasteiger partial charge in [0.05, 0.1) is 13.2 Å². The van der Waals surface area contributed by atoms with Gasteiger partial charge in [-0.1, -0.05) is 28.1 Å². The molecule has 0 saturated carbocycles. The molecule has 0 saturated heterocycles. The Bertz CT molecular complexity index is 432. The molecule has 0 aromatic heterocycles. The minimum absolute atomic E-state index is 0.307. The van der Waals surface area contributed by atoms with Gasteiger partial charge in [0.1, 0.15) is 0 Å². The first-order valence-electron chi connectivity index (χ1n) is 5.48. The highest BCUT2D eigenvalue weighted by atomic mass is 79.9. The summed E-state index contributed by atoms with van der Waals surface area (Å²) in [6.45, 7) is 2.77. The van der Waals surface area contributed by atoms with Crippen LogP contribution in [0.4, 0.5) is 0 Å². The Balaban J connectivity index is 2.45. The van der Waals surface area contributed by atoms with Gasteiger partial charge in [-0.2, -0.15) is 0 Å². The molecule has 0 aliphatic rings. The van der Waals surface area contributed by atoms with Crippen LogP contribution in [0.3, 0.4) is 0 Å². The lowest BCUT2D eigenvalue weighted by molar-refractivity contribution is -0.129. The van der Waals surface area contributed by atoms with E-state index in [0.29, 0.717) is 13.2 Å². The van der Waals surface area contributed by atoms with E-state index in [2.05, 4.69) is 21.4 Å². The monoisotopic (exact) mass is 313 g/mol. The van der Waals surface area contributed by atoms with Gasteiger partial charge in [0.25, 0.3) is 5.91 Å². The predicted octanol–water partition coefficient (Wildman–Crippen LogP) is 2.46. The van der Waals surface area contributed by atoms with E-state index in [0.717, 1.165) is 15.6 Å². The number of halogens is 1. The summed E-state index contributed by atoms with van der Waals surface area (Å²) in [6, 6.07) is 5.92. The van der Waals surface area contributed by atoms with Crippen molar-refractivity contribution in [1.29, 1.82) is 0 Å². The summed E-state index contributed by atoms with van der Waals surface area (Å²) in [5.74, 6) is -0.307. The molecule has 0 aliphatic carbocycles. The summed E-state index contributed by atoms with van der Waals surface area (Å²) in [4.78, 5) is 16.3. The lowest BCUT2D eigenvalue weighted by Crippen LogP contribution is -2.23. The first-order valence-corrected chi connectivity index (χ1v) is 6.27. The van der Waals surface area contributed by atoms with Gasteiger partial charge in [0.15, 0.2) is 0 Å². The van der Waals surface area contributed by atoms with E-state index >= 15 is 0 Å². The molecule has 0 fully saturated rings. The number of rotatable bonds is 6. The Morgan fingerprint density at radius 2 is 2.22 bits per heavy atom. The van der Waals surface area contributed by atoms with Crippen molar-refractivity contribution in [3.63, 3.8) is 0 Å². The van der Waals surface area contributed by atoms with E-state index in [9.17, 15) is 4.79 Å². The zero-order chi connectivity index (χ0) is 13.4. The van der Waals surface area contributed by atoms with E-state index < -0.39 is 0 Å². The van der Waals surface area contributed by atoms with Crippen molar-refractivity contribution in [2.45, 2.75) is 6.92 Å². The van der Waals surface area contributed by atoms with Crippen LogP contribution in [-0.2, 0) is 14.4 Å². The highest BCUT2D eigenvalue weighted by molar-refractivity contribution is 9.10. The number of methoxy groups -OCH3 is 1. The number of carbonyl (C=O) groups excluding carboxylic acids is 1. The maximum Gasteiger partial charge on any atom is 0.267 e.